The topological polar surface area (TPSA) is 55.4 Å². The van der Waals surface area contributed by atoms with Gasteiger partial charge < -0.3 is 10.1 Å². The SMILES string of the molecule is O=Cc1ccccc1-c1c(Cl)c(S)cc(C(F)(F)F)c1CNC(=O)OCC1c2ccccc2-c2ccccc21. The molecular weight excluding hydrogens is 547 g/mol. The summed E-state index contributed by atoms with van der Waals surface area (Å²) in [5.41, 5.74) is 3.12. The van der Waals surface area contributed by atoms with E-state index < -0.39 is 24.4 Å². The standard InChI is InChI=1S/C30H21ClF3NO3S/c31-28-26(39)13-25(30(32,33)34)23(27(28)18-8-2-1-7-17(18)15-36)14-35-29(37)38-16-24-21-11-5-3-9-19(21)20-10-4-6-12-22(20)24/h1-13,15,24,39H,14,16H2,(H,35,37). The van der Waals surface area contributed by atoms with Crippen LogP contribution in [0.3, 0.4) is 0 Å². The van der Waals surface area contributed by atoms with Crippen molar-refractivity contribution in [2.24, 2.45) is 0 Å². The third-order valence-corrected chi connectivity index (χ3v) is 7.65. The van der Waals surface area contributed by atoms with E-state index in [0.29, 0.717) is 6.29 Å². The first-order valence-electron chi connectivity index (χ1n) is 12.0. The molecule has 1 amide bonds. The second-order valence-corrected chi connectivity index (χ2v) is 9.85. The van der Waals surface area contributed by atoms with E-state index in [-0.39, 0.29) is 44.7 Å². The van der Waals surface area contributed by atoms with Crippen molar-refractivity contribution in [3.05, 3.63) is 112 Å². The van der Waals surface area contributed by atoms with Crippen LogP contribution in [-0.2, 0) is 17.5 Å². The van der Waals surface area contributed by atoms with Crippen LogP contribution in [0.25, 0.3) is 22.3 Å². The van der Waals surface area contributed by atoms with Crippen molar-refractivity contribution in [3.8, 4) is 22.3 Å². The van der Waals surface area contributed by atoms with Crippen LogP contribution in [0.2, 0.25) is 5.02 Å². The number of alkyl carbamates (subject to hydrolysis) is 1. The van der Waals surface area contributed by atoms with Gasteiger partial charge in [0.25, 0.3) is 0 Å². The van der Waals surface area contributed by atoms with Crippen LogP contribution in [0, 0.1) is 0 Å². The number of hydrogen-bond acceptors (Lipinski definition) is 4. The van der Waals surface area contributed by atoms with Crippen LogP contribution in [0.5, 0.6) is 0 Å². The lowest BCUT2D eigenvalue weighted by Gasteiger charge is -2.21. The molecule has 1 aliphatic carbocycles. The zero-order chi connectivity index (χ0) is 27.7. The van der Waals surface area contributed by atoms with E-state index >= 15 is 0 Å². The summed E-state index contributed by atoms with van der Waals surface area (Å²) in [6, 6.07) is 22.6. The number of carbonyl (C=O) groups excluding carboxylic acids is 2. The van der Waals surface area contributed by atoms with Crippen molar-refractivity contribution < 1.29 is 27.5 Å². The Kier molecular flexibility index (Phi) is 7.42. The smallest absolute Gasteiger partial charge is 0.416 e. The van der Waals surface area contributed by atoms with Crippen molar-refractivity contribution in [2.45, 2.75) is 23.5 Å². The largest absolute Gasteiger partial charge is 0.449 e. The van der Waals surface area contributed by atoms with E-state index in [2.05, 4.69) is 17.9 Å². The first-order chi connectivity index (χ1) is 18.7. The Balaban J connectivity index is 1.42. The van der Waals surface area contributed by atoms with Crippen LogP contribution in [-0.4, -0.2) is 19.0 Å². The molecule has 1 aliphatic rings. The molecule has 0 fully saturated rings. The fourth-order valence-corrected chi connectivity index (χ4v) is 5.55. The molecule has 0 aromatic heterocycles. The highest BCUT2D eigenvalue weighted by atomic mass is 35.5. The molecule has 5 rings (SSSR count). The van der Waals surface area contributed by atoms with Crippen LogP contribution in [0.1, 0.15) is 38.5 Å². The molecule has 4 aromatic rings. The van der Waals surface area contributed by atoms with Gasteiger partial charge in [0.05, 0.1) is 10.6 Å². The monoisotopic (exact) mass is 567 g/mol. The van der Waals surface area contributed by atoms with Gasteiger partial charge in [-0.05, 0) is 39.4 Å². The van der Waals surface area contributed by atoms with Crippen LogP contribution >= 0.6 is 24.2 Å². The number of aldehydes is 1. The van der Waals surface area contributed by atoms with E-state index in [0.717, 1.165) is 28.3 Å². The number of alkyl halides is 3. The molecule has 0 aliphatic heterocycles. The van der Waals surface area contributed by atoms with Crippen LogP contribution < -0.4 is 5.32 Å². The Bertz CT molecular complexity index is 1540. The Morgan fingerprint density at radius 2 is 1.51 bits per heavy atom. The van der Waals surface area contributed by atoms with Crippen molar-refractivity contribution in [3.63, 3.8) is 0 Å². The summed E-state index contributed by atoms with van der Waals surface area (Å²) in [6.45, 7) is -0.537. The van der Waals surface area contributed by atoms with E-state index in [9.17, 15) is 22.8 Å². The minimum absolute atomic E-state index is 0.00313. The highest BCUT2D eigenvalue weighted by Crippen LogP contribution is 2.45. The molecule has 198 valence electrons. The third kappa shape index (κ3) is 5.14. The first kappa shape index (κ1) is 26.8. The number of benzene rings is 4. The van der Waals surface area contributed by atoms with Gasteiger partial charge in [0, 0.05) is 28.5 Å². The normalized spacial score (nSPS) is 12.5. The Morgan fingerprint density at radius 1 is 0.949 bits per heavy atom. The fraction of sp³-hybridized carbons (Fsp3) is 0.133. The zero-order valence-electron chi connectivity index (χ0n) is 20.3. The quantitative estimate of drug-likeness (QED) is 0.182. The van der Waals surface area contributed by atoms with Gasteiger partial charge in [0.1, 0.15) is 6.61 Å². The molecule has 9 heteroatoms. The molecule has 0 saturated carbocycles. The molecule has 0 saturated heterocycles. The molecule has 39 heavy (non-hydrogen) atoms. The predicted octanol–water partition coefficient (Wildman–Crippen LogP) is 8.17. The summed E-state index contributed by atoms with van der Waals surface area (Å²) in [4.78, 5) is 24.3. The minimum atomic E-state index is -4.77. The zero-order valence-corrected chi connectivity index (χ0v) is 21.9. The van der Waals surface area contributed by atoms with Gasteiger partial charge in [-0.3, -0.25) is 4.79 Å². The minimum Gasteiger partial charge on any atom is -0.449 e. The first-order valence-corrected chi connectivity index (χ1v) is 12.8. The number of hydrogen-bond donors (Lipinski definition) is 2. The number of fused-ring (bicyclic) bond motifs is 3. The Morgan fingerprint density at radius 3 is 2.10 bits per heavy atom. The number of ether oxygens (including phenoxy) is 1. The maximum absolute atomic E-state index is 14.1. The second-order valence-electron chi connectivity index (χ2n) is 8.99. The Hall–Kier alpha value is -3.75. The molecule has 0 spiro atoms. The van der Waals surface area contributed by atoms with E-state index in [1.54, 1.807) is 12.1 Å². The summed E-state index contributed by atoms with van der Waals surface area (Å²) in [5.74, 6) is -0.207. The molecule has 4 aromatic carbocycles. The number of nitrogens with one attached hydrogen (secondary N) is 1. The maximum Gasteiger partial charge on any atom is 0.416 e. The van der Waals surface area contributed by atoms with Crippen LogP contribution in [0.4, 0.5) is 18.0 Å². The molecule has 0 atom stereocenters. The molecule has 0 heterocycles. The molecule has 4 nitrogen and oxygen atoms in total. The highest BCUT2D eigenvalue weighted by Gasteiger charge is 2.36. The predicted molar refractivity (Wildman–Crippen MR) is 146 cm³/mol. The van der Waals surface area contributed by atoms with Gasteiger partial charge in [-0.2, -0.15) is 13.2 Å². The number of amides is 1. The van der Waals surface area contributed by atoms with E-state index in [4.69, 9.17) is 16.3 Å². The molecular formula is C30H21ClF3NO3S. The van der Waals surface area contributed by atoms with Crippen molar-refractivity contribution in [2.75, 3.05) is 6.61 Å². The lowest BCUT2D eigenvalue weighted by Crippen LogP contribution is -2.27. The summed E-state index contributed by atoms with van der Waals surface area (Å²) < 4.78 is 47.8. The summed E-state index contributed by atoms with van der Waals surface area (Å²) in [6.07, 6.45) is -5.12. The van der Waals surface area contributed by atoms with Gasteiger partial charge in [-0.25, -0.2) is 4.79 Å². The number of thiol groups is 1. The van der Waals surface area contributed by atoms with Crippen molar-refractivity contribution in [1.82, 2.24) is 5.32 Å². The summed E-state index contributed by atoms with van der Waals surface area (Å²) >= 11 is 10.6. The average molecular weight is 568 g/mol. The number of halogens is 4. The van der Waals surface area contributed by atoms with Crippen LogP contribution in [0.15, 0.2) is 83.8 Å². The maximum atomic E-state index is 14.1. The summed E-state index contributed by atoms with van der Waals surface area (Å²) in [7, 11) is 0. The lowest BCUT2D eigenvalue weighted by atomic mass is 9.92. The van der Waals surface area contributed by atoms with Crippen molar-refractivity contribution in [1.29, 1.82) is 0 Å². The van der Waals surface area contributed by atoms with Gasteiger partial charge in [-0.1, -0.05) is 84.4 Å². The second kappa shape index (κ2) is 10.8. The molecule has 0 bridgehead atoms. The van der Waals surface area contributed by atoms with Gasteiger partial charge in [0.2, 0.25) is 0 Å². The van der Waals surface area contributed by atoms with Gasteiger partial charge in [0.15, 0.2) is 6.29 Å². The number of carbonyl (C=O) groups is 2. The molecule has 0 unspecified atom stereocenters. The van der Waals surface area contributed by atoms with E-state index in [1.807, 2.05) is 48.5 Å². The summed E-state index contributed by atoms with van der Waals surface area (Å²) in [5, 5.41) is 2.38. The fourth-order valence-electron chi connectivity index (χ4n) is 5.04. The van der Waals surface area contributed by atoms with E-state index in [1.165, 1.54) is 12.1 Å². The lowest BCUT2D eigenvalue weighted by molar-refractivity contribution is -0.138. The Labute approximate surface area is 233 Å². The van der Waals surface area contributed by atoms with Crippen molar-refractivity contribution >= 4 is 36.6 Å². The molecule has 0 radical (unpaired) electrons. The third-order valence-electron chi connectivity index (χ3n) is 6.77. The average Bonchev–Trinajstić information content (AvgIpc) is 3.25. The molecule has 1 N–H and O–H groups in total. The highest BCUT2D eigenvalue weighted by molar-refractivity contribution is 7.80. The number of rotatable bonds is 6. The van der Waals surface area contributed by atoms with Gasteiger partial charge in [-0.15, -0.1) is 12.6 Å². The van der Waals surface area contributed by atoms with Gasteiger partial charge >= 0.3 is 12.3 Å².